The van der Waals surface area contributed by atoms with Gasteiger partial charge in [0.15, 0.2) is 12.2 Å². The van der Waals surface area contributed by atoms with Gasteiger partial charge in [-0.2, -0.15) is 0 Å². The molecule has 15 heteroatoms. The van der Waals surface area contributed by atoms with E-state index in [1.807, 2.05) is 0 Å². The standard InChI is InChI=1S/C24H33NO14/c1-8-19(31)25-20-17(35-13(4)27)10-24(38-16(7)30,23(32)33-9-2)39-22(20)21(37-15(6)29)18(36-14(5)28)11-34-12(3)26/h8,17-18,20-22H,1,9-11H2,2-7H3,(H,25,31)/t17-,18+,20+,21+,22+,24+/m0/s1. The minimum absolute atomic E-state index is 0.180. The smallest absolute Gasteiger partial charge is 0.379 e. The fourth-order valence-electron chi connectivity index (χ4n) is 3.81. The van der Waals surface area contributed by atoms with E-state index in [0.29, 0.717) is 0 Å². The van der Waals surface area contributed by atoms with Crippen molar-refractivity contribution in [2.45, 2.75) is 84.2 Å². The maximum atomic E-state index is 13.1. The van der Waals surface area contributed by atoms with E-state index < -0.39 is 91.0 Å². The summed E-state index contributed by atoms with van der Waals surface area (Å²) in [5.41, 5.74) is 0. The molecule has 218 valence electrons. The molecule has 1 saturated heterocycles. The van der Waals surface area contributed by atoms with Crippen molar-refractivity contribution >= 4 is 41.7 Å². The topological polar surface area (TPSA) is 196 Å². The Labute approximate surface area is 224 Å². The van der Waals surface area contributed by atoms with Gasteiger partial charge in [-0.25, -0.2) is 4.79 Å². The van der Waals surface area contributed by atoms with Crippen molar-refractivity contribution in [2.24, 2.45) is 0 Å². The Morgan fingerprint density at radius 3 is 2.00 bits per heavy atom. The molecule has 0 radical (unpaired) electrons. The lowest BCUT2D eigenvalue weighted by Crippen LogP contribution is -2.69. The van der Waals surface area contributed by atoms with Crippen LogP contribution in [0.4, 0.5) is 0 Å². The lowest BCUT2D eigenvalue weighted by Gasteiger charge is -2.48. The van der Waals surface area contributed by atoms with Gasteiger partial charge in [0, 0.05) is 34.6 Å². The monoisotopic (exact) mass is 559 g/mol. The van der Waals surface area contributed by atoms with Crippen LogP contribution < -0.4 is 5.32 Å². The number of ether oxygens (including phenoxy) is 7. The van der Waals surface area contributed by atoms with Crippen LogP contribution in [0.25, 0.3) is 0 Å². The minimum Gasteiger partial charge on any atom is -0.462 e. The third-order valence-corrected chi connectivity index (χ3v) is 5.02. The molecule has 6 atom stereocenters. The van der Waals surface area contributed by atoms with Gasteiger partial charge in [-0.3, -0.25) is 28.8 Å². The van der Waals surface area contributed by atoms with Gasteiger partial charge in [-0.1, -0.05) is 6.58 Å². The molecule has 0 bridgehead atoms. The molecule has 1 amide bonds. The van der Waals surface area contributed by atoms with E-state index in [1.54, 1.807) is 0 Å². The summed E-state index contributed by atoms with van der Waals surface area (Å²) in [7, 11) is 0. The van der Waals surface area contributed by atoms with Crippen molar-refractivity contribution in [1.82, 2.24) is 5.32 Å². The Hall–Kier alpha value is -4.01. The van der Waals surface area contributed by atoms with Crippen LogP contribution in [0.5, 0.6) is 0 Å². The highest BCUT2D eigenvalue weighted by Crippen LogP contribution is 2.37. The summed E-state index contributed by atoms with van der Waals surface area (Å²) in [5.74, 6) is -9.05. The first-order valence-electron chi connectivity index (χ1n) is 11.8. The van der Waals surface area contributed by atoms with Crippen molar-refractivity contribution in [1.29, 1.82) is 0 Å². The van der Waals surface area contributed by atoms with Gasteiger partial charge in [-0.15, -0.1) is 0 Å². The van der Waals surface area contributed by atoms with E-state index in [9.17, 15) is 33.6 Å². The molecule has 1 aliphatic rings. The second-order valence-corrected chi connectivity index (χ2v) is 8.26. The molecule has 0 spiro atoms. The number of rotatable bonds is 12. The summed E-state index contributed by atoms with van der Waals surface area (Å²) in [6.45, 7) is 9.08. The summed E-state index contributed by atoms with van der Waals surface area (Å²) in [6.07, 6.45) is -6.28. The van der Waals surface area contributed by atoms with Crippen molar-refractivity contribution in [2.75, 3.05) is 13.2 Å². The van der Waals surface area contributed by atoms with Crippen LogP contribution in [0.2, 0.25) is 0 Å². The Morgan fingerprint density at radius 2 is 1.54 bits per heavy atom. The zero-order valence-electron chi connectivity index (χ0n) is 22.5. The number of carbonyl (C=O) groups is 7. The molecule has 39 heavy (non-hydrogen) atoms. The van der Waals surface area contributed by atoms with Crippen LogP contribution >= 0.6 is 0 Å². The van der Waals surface area contributed by atoms with E-state index in [2.05, 4.69) is 11.9 Å². The predicted octanol–water partition coefficient (Wildman–Crippen LogP) is -0.373. The average Bonchev–Trinajstić information content (AvgIpc) is 2.80. The molecule has 0 aromatic carbocycles. The average molecular weight is 560 g/mol. The first-order chi connectivity index (χ1) is 18.1. The highest BCUT2D eigenvalue weighted by Gasteiger charge is 2.60. The third-order valence-electron chi connectivity index (χ3n) is 5.02. The highest BCUT2D eigenvalue weighted by atomic mass is 16.8. The molecule has 0 aromatic rings. The quantitative estimate of drug-likeness (QED) is 0.185. The van der Waals surface area contributed by atoms with Crippen LogP contribution in [0, 0.1) is 0 Å². The van der Waals surface area contributed by atoms with Crippen molar-refractivity contribution in [3.63, 3.8) is 0 Å². The Kier molecular flexibility index (Phi) is 12.5. The maximum absolute atomic E-state index is 13.1. The second-order valence-electron chi connectivity index (χ2n) is 8.26. The molecule has 15 nitrogen and oxygen atoms in total. The minimum atomic E-state index is -2.57. The fraction of sp³-hybridized carbons (Fsp3) is 0.625. The van der Waals surface area contributed by atoms with E-state index >= 15 is 0 Å². The molecule has 1 heterocycles. The summed E-state index contributed by atoms with van der Waals surface area (Å²) in [6, 6.07) is -1.42. The Morgan fingerprint density at radius 1 is 0.923 bits per heavy atom. The molecule has 0 unspecified atom stereocenters. The zero-order chi connectivity index (χ0) is 29.9. The van der Waals surface area contributed by atoms with E-state index in [-0.39, 0.29) is 6.61 Å². The van der Waals surface area contributed by atoms with Gasteiger partial charge in [0.25, 0.3) is 0 Å². The third kappa shape index (κ3) is 10.00. The van der Waals surface area contributed by atoms with Crippen LogP contribution in [0.3, 0.4) is 0 Å². The van der Waals surface area contributed by atoms with Crippen LogP contribution in [0.1, 0.15) is 48.0 Å². The number of esters is 6. The Balaban J connectivity index is 3.90. The number of hydrogen-bond acceptors (Lipinski definition) is 14. The SMILES string of the molecule is C=CC(=O)N[C@H]1[C@H]([C@H](OC(C)=O)[C@@H](COC(C)=O)OC(C)=O)O[C@@](OC(C)=O)(C(=O)OCC)C[C@@H]1OC(C)=O. The van der Waals surface area contributed by atoms with Gasteiger partial charge in [0.2, 0.25) is 5.91 Å². The summed E-state index contributed by atoms with van der Waals surface area (Å²) >= 11 is 0. The van der Waals surface area contributed by atoms with Gasteiger partial charge < -0.3 is 38.5 Å². The first kappa shape index (κ1) is 33.0. The largest absolute Gasteiger partial charge is 0.462 e. The number of carbonyl (C=O) groups excluding carboxylic acids is 7. The molecule has 1 rings (SSSR count). The fourth-order valence-corrected chi connectivity index (χ4v) is 3.81. The predicted molar refractivity (Wildman–Crippen MR) is 126 cm³/mol. The van der Waals surface area contributed by atoms with E-state index in [1.165, 1.54) is 6.92 Å². The lowest BCUT2D eigenvalue weighted by atomic mass is 9.88. The number of hydrogen-bond donors (Lipinski definition) is 1. The maximum Gasteiger partial charge on any atom is 0.379 e. The van der Waals surface area contributed by atoms with Crippen molar-refractivity contribution < 1.29 is 66.7 Å². The molecular weight excluding hydrogens is 526 g/mol. The van der Waals surface area contributed by atoms with E-state index in [0.717, 1.165) is 40.7 Å². The van der Waals surface area contributed by atoms with Crippen molar-refractivity contribution in [3.05, 3.63) is 12.7 Å². The number of nitrogens with one attached hydrogen (secondary N) is 1. The van der Waals surface area contributed by atoms with Gasteiger partial charge in [0.05, 0.1) is 19.1 Å². The van der Waals surface area contributed by atoms with Crippen LogP contribution in [-0.4, -0.2) is 91.2 Å². The first-order valence-corrected chi connectivity index (χ1v) is 11.8. The number of amides is 1. The normalized spacial score (nSPS) is 23.6. The van der Waals surface area contributed by atoms with E-state index in [4.69, 9.17) is 33.2 Å². The Bertz CT molecular complexity index is 978. The van der Waals surface area contributed by atoms with Crippen molar-refractivity contribution in [3.8, 4) is 0 Å². The van der Waals surface area contributed by atoms with Gasteiger partial charge in [0.1, 0.15) is 18.8 Å². The van der Waals surface area contributed by atoms with Gasteiger partial charge in [-0.05, 0) is 13.0 Å². The summed E-state index contributed by atoms with van der Waals surface area (Å²) < 4.78 is 37.1. The molecule has 1 N–H and O–H groups in total. The second kappa shape index (κ2) is 14.8. The molecule has 0 aromatic heterocycles. The molecular formula is C24H33NO14. The summed E-state index contributed by atoms with van der Waals surface area (Å²) in [5, 5.41) is 2.47. The molecule has 0 saturated carbocycles. The summed E-state index contributed by atoms with van der Waals surface area (Å²) in [4.78, 5) is 85.1. The van der Waals surface area contributed by atoms with Crippen LogP contribution in [0.15, 0.2) is 12.7 Å². The lowest BCUT2D eigenvalue weighted by molar-refractivity contribution is -0.304. The van der Waals surface area contributed by atoms with Gasteiger partial charge >= 0.3 is 41.6 Å². The molecule has 0 aliphatic carbocycles. The zero-order valence-corrected chi connectivity index (χ0v) is 22.5. The van der Waals surface area contributed by atoms with Crippen LogP contribution in [-0.2, 0) is 66.7 Å². The highest BCUT2D eigenvalue weighted by molar-refractivity contribution is 5.87. The molecule has 1 fully saturated rings. The molecule has 1 aliphatic heterocycles.